The molecule has 0 spiro atoms. The maximum absolute atomic E-state index is 14.9. The molecule has 0 radical (unpaired) electrons. The zero-order chi connectivity index (χ0) is 21.9. The van der Waals surface area contributed by atoms with E-state index in [2.05, 4.69) is 0 Å². The first-order chi connectivity index (χ1) is 13.9. The Balaban J connectivity index is 1.67. The van der Waals surface area contributed by atoms with Gasteiger partial charge in [0.05, 0.1) is 0 Å². The number of alkyl halides is 4. The molecule has 2 saturated carbocycles. The quantitative estimate of drug-likeness (QED) is 0.479. The van der Waals surface area contributed by atoms with E-state index in [-0.39, 0.29) is 12.3 Å². The molecule has 0 amide bonds. The third kappa shape index (κ3) is 3.33. The van der Waals surface area contributed by atoms with Crippen LogP contribution in [0.5, 0.6) is 0 Å². The molecule has 2 aromatic rings. The lowest BCUT2D eigenvalue weighted by Gasteiger charge is -2.37. The molecule has 2 aromatic carbocycles. The van der Waals surface area contributed by atoms with Crippen LogP contribution < -0.4 is 0 Å². The van der Waals surface area contributed by atoms with Crippen LogP contribution in [0.15, 0.2) is 47.4 Å². The standard InChI is InChI=1S/C21H24F4O3S2/c1-29(2,19-9-5-7-15-6-3-4-8-17(15)19)28-30(26,27)21(24,25)20(22,23)18-13-14-10-11-16(18)12-14/h3-9,14,16,18H,10-13H2,1-2H3. The van der Waals surface area contributed by atoms with Crippen molar-refractivity contribution in [3.8, 4) is 0 Å². The maximum atomic E-state index is 14.9. The van der Waals surface area contributed by atoms with Crippen molar-refractivity contribution in [3.63, 3.8) is 0 Å². The Morgan fingerprint density at radius 3 is 2.23 bits per heavy atom. The fourth-order valence-corrected chi connectivity index (χ4v) is 9.03. The third-order valence-electron chi connectivity index (χ3n) is 6.44. The Morgan fingerprint density at radius 1 is 0.933 bits per heavy atom. The Hall–Kier alpha value is -1.32. The predicted molar refractivity (Wildman–Crippen MR) is 110 cm³/mol. The van der Waals surface area contributed by atoms with Crippen LogP contribution in [-0.4, -0.2) is 32.1 Å². The molecule has 0 saturated heterocycles. The summed E-state index contributed by atoms with van der Waals surface area (Å²) < 4.78 is 89.6. The van der Waals surface area contributed by atoms with Crippen molar-refractivity contribution in [2.45, 2.75) is 41.8 Å². The molecule has 2 aliphatic rings. The molecule has 0 aliphatic heterocycles. The average molecular weight is 465 g/mol. The molecular weight excluding hydrogens is 440 g/mol. The van der Waals surface area contributed by atoms with Gasteiger partial charge in [0.15, 0.2) is 0 Å². The highest BCUT2D eigenvalue weighted by atomic mass is 32.3. The van der Waals surface area contributed by atoms with Gasteiger partial charge in [-0.3, -0.25) is 0 Å². The minimum Gasteiger partial charge on any atom is -0.211 e. The van der Waals surface area contributed by atoms with E-state index in [9.17, 15) is 26.0 Å². The van der Waals surface area contributed by atoms with Crippen LogP contribution in [0, 0.1) is 17.8 Å². The summed E-state index contributed by atoms with van der Waals surface area (Å²) in [7, 11) is -8.72. The van der Waals surface area contributed by atoms with Crippen LogP contribution in [0.1, 0.15) is 25.7 Å². The number of halogens is 4. The van der Waals surface area contributed by atoms with E-state index in [0.29, 0.717) is 23.1 Å². The number of fused-ring (bicyclic) bond motifs is 3. The van der Waals surface area contributed by atoms with E-state index in [1.165, 1.54) is 12.5 Å². The first-order valence-electron chi connectivity index (χ1n) is 9.79. The molecule has 3 atom stereocenters. The fourth-order valence-electron chi connectivity index (χ4n) is 5.00. The molecule has 4 rings (SSSR count). The summed E-state index contributed by atoms with van der Waals surface area (Å²) in [5, 5.41) is -3.89. The summed E-state index contributed by atoms with van der Waals surface area (Å²) in [6.45, 7) is 0. The van der Waals surface area contributed by atoms with Crippen molar-refractivity contribution < 1.29 is 29.6 Å². The van der Waals surface area contributed by atoms with E-state index in [4.69, 9.17) is 3.63 Å². The lowest BCUT2D eigenvalue weighted by molar-refractivity contribution is -0.202. The Morgan fingerprint density at radius 2 is 1.60 bits per heavy atom. The van der Waals surface area contributed by atoms with Crippen molar-refractivity contribution in [2.24, 2.45) is 17.8 Å². The summed E-state index contributed by atoms with van der Waals surface area (Å²) in [4.78, 5) is 0.406. The van der Waals surface area contributed by atoms with Crippen molar-refractivity contribution in [3.05, 3.63) is 42.5 Å². The van der Waals surface area contributed by atoms with Gasteiger partial charge in [-0.2, -0.15) is 26.0 Å². The molecule has 9 heteroatoms. The van der Waals surface area contributed by atoms with Crippen LogP contribution in [0.25, 0.3) is 10.8 Å². The second-order valence-electron chi connectivity index (χ2n) is 8.65. The smallest absolute Gasteiger partial charge is 0.211 e. The Bertz CT molecular complexity index is 1060. The van der Waals surface area contributed by atoms with Gasteiger partial charge in [-0.25, -0.2) is 3.63 Å². The highest BCUT2D eigenvalue weighted by Crippen LogP contribution is 2.61. The molecular formula is C21H24F4O3S2. The van der Waals surface area contributed by atoms with Crippen LogP contribution in [-0.2, 0) is 13.7 Å². The zero-order valence-corrected chi connectivity index (χ0v) is 18.3. The molecule has 0 heterocycles. The summed E-state index contributed by atoms with van der Waals surface area (Å²) in [6, 6.07) is 12.1. The summed E-state index contributed by atoms with van der Waals surface area (Å²) in [5.41, 5.74) is 0. The summed E-state index contributed by atoms with van der Waals surface area (Å²) in [6.07, 6.45) is 4.32. The zero-order valence-electron chi connectivity index (χ0n) is 16.7. The molecule has 3 unspecified atom stereocenters. The van der Waals surface area contributed by atoms with Crippen molar-refractivity contribution in [1.82, 2.24) is 0 Å². The van der Waals surface area contributed by atoms with Gasteiger partial charge in [0, 0.05) is 10.8 Å². The summed E-state index contributed by atoms with van der Waals surface area (Å²) >= 11 is 0. The molecule has 3 nitrogen and oxygen atoms in total. The normalized spacial score (nSPS) is 25.7. The highest BCUT2D eigenvalue weighted by Gasteiger charge is 2.72. The number of hydrogen-bond donors (Lipinski definition) is 0. The van der Waals surface area contributed by atoms with Crippen LogP contribution in [0.2, 0.25) is 0 Å². The number of rotatable bonds is 6. The van der Waals surface area contributed by atoms with Gasteiger partial charge in [-0.1, -0.05) is 53.1 Å². The predicted octanol–water partition coefficient (Wildman–Crippen LogP) is 6.19. The third-order valence-corrected chi connectivity index (χ3v) is 10.8. The second-order valence-corrected chi connectivity index (χ2v) is 13.5. The number of benzene rings is 2. The molecule has 2 bridgehead atoms. The van der Waals surface area contributed by atoms with Crippen LogP contribution in [0.3, 0.4) is 0 Å². The highest BCUT2D eigenvalue weighted by molar-refractivity contribution is 8.32. The fraction of sp³-hybridized carbons (Fsp3) is 0.524. The van der Waals surface area contributed by atoms with Gasteiger partial charge in [0.2, 0.25) is 0 Å². The van der Waals surface area contributed by atoms with Crippen LogP contribution >= 0.6 is 10.3 Å². The van der Waals surface area contributed by atoms with E-state index in [0.717, 1.165) is 11.8 Å². The van der Waals surface area contributed by atoms with E-state index < -0.39 is 43.4 Å². The molecule has 166 valence electrons. The van der Waals surface area contributed by atoms with Gasteiger partial charge in [0.25, 0.3) is 0 Å². The van der Waals surface area contributed by atoms with E-state index >= 15 is 0 Å². The van der Waals surface area contributed by atoms with Crippen molar-refractivity contribution >= 4 is 31.2 Å². The first kappa shape index (κ1) is 21.9. The molecule has 30 heavy (non-hydrogen) atoms. The molecule has 0 aromatic heterocycles. The SMILES string of the molecule is CS(C)(OS(=O)(=O)C(F)(F)C(F)(F)C1CC2CCC1C2)c1cccc2ccccc12. The van der Waals surface area contributed by atoms with Gasteiger partial charge >= 0.3 is 21.3 Å². The molecule has 0 N–H and O–H groups in total. The number of hydrogen-bond acceptors (Lipinski definition) is 3. The Kier molecular flexibility index (Phi) is 5.18. The second kappa shape index (κ2) is 7.10. The molecule has 2 aliphatic carbocycles. The van der Waals surface area contributed by atoms with Gasteiger partial charge < -0.3 is 0 Å². The van der Waals surface area contributed by atoms with Crippen LogP contribution in [0.4, 0.5) is 17.6 Å². The first-order valence-corrected chi connectivity index (χ1v) is 13.6. The topological polar surface area (TPSA) is 43.4 Å². The van der Waals surface area contributed by atoms with E-state index in [1.807, 2.05) is 0 Å². The van der Waals surface area contributed by atoms with Gasteiger partial charge in [0.1, 0.15) is 0 Å². The largest absolute Gasteiger partial charge is 0.432 e. The van der Waals surface area contributed by atoms with Crippen molar-refractivity contribution in [2.75, 3.05) is 12.5 Å². The molecule has 2 fully saturated rings. The minimum atomic E-state index is -5.89. The average Bonchev–Trinajstić information content (AvgIpc) is 3.30. The minimum absolute atomic E-state index is 0.0250. The van der Waals surface area contributed by atoms with Gasteiger partial charge in [-0.05, 0) is 60.4 Å². The lowest BCUT2D eigenvalue weighted by atomic mass is 9.84. The monoisotopic (exact) mass is 464 g/mol. The van der Waals surface area contributed by atoms with Gasteiger partial charge in [-0.15, -0.1) is 0 Å². The van der Waals surface area contributed by atoms with Crippen molar-refractivity contribution in [1.29, 1.82) is 0 Å². The maximum Gasteiger partial charge on any atom is 0.432 e. The lowest BCUT2D eigenvalue weighted by Crippen LogP contribution is -2.53. The Labute approximate surface area is 175 Å². The van der Waals surface area contributed by atoms with E-state index in [1.54, 1.807) is 42.5 Å². The summed E-state index contributed by atoms with van der Waals surface area (Å²) in [5.74, 6) is -6.91.